The monoisotopic (exact) mass is 268 g/mol. The van der Waals surface area contributed by atoms with E-state index in [1.165, 1.54) is 0 Å². The summed E-state index contributed by atoms with van der Waals surface area (Å²) in [6.07, 6.45) is 3.88. The fourth-order valence-corrected chi connectivity index (χ4v) is 2.86. The average Bonchev–Trinajstić information content (AvgIpc) is 3.16. The minimum absolute atomic E-state index is 0.0754. The molecule has 1 aliphatic carbocycles. The number of carboxylic acids is 1. The van der Waals surface area contributed by atoms with Crippen molar-refractivity contribution >= 4 is 12.0 Å². The Bertz CT molecular complexity index is 381. The number of carboxylic acid groups (broad SMARTS) is 1. The summed E-state index contributed by atoms with van der Waals surface area (Å²) in [6.45, 7) is 6.50. The molecule has 2 aliphatic rings. The van der Waals surface area contributed by atoms with Crippen LogP contribution in [0.4, 0.5) is 4.79 Å². The Balaban J connectivity index is 2.04. The number of likely N-dealkylation sites (tertiary alicyclic amines) is 1. The topological polar surface area (TPSA) is 69.6 Å². The number of piperidine rings is 1. The number of hydrogen-bond acceptors (Lipinski definition) is 2. The molecule has 108 valence electrons. The van der Waals surface area contributed by atoms with E-state index < -0.39 is 11.5 Å². The van der Waals surface area contributed by atoms with Gasteiger partial charge in [-0.05, 0) is 51.4 Å². The van der Waals surface area contributed by atoms with Gasteiger partial charge in [0.05, 0.1) is 0 Å². The van der Waals surface area contributed by atoms with Gasteiger partial charge < -0.3 is 15.3 Å². The molecule has 1 heterocycles. The summed E-state index contributed by atoms with van der Waals surface area (Å²) in [5.74, 6) is -0.369. The summed E-state index contributed by atoms with van der Waals surface area (Å²) >= 11 is 0. The number of carbonyl (C=O) groups is 2. The lowest BCUT2D eigenvalue weighted by molar-refractivity contribution is -0.144. The predicted octanol–water partition coefficient (Wildman–Crippen LogP) is 2.07. The minimum atomic E-state index is -1.11. The van der Waals surface area contributed by atoms with Crippen molar-refractivity contribution in [3.63, 3.8) is 0 Å². The molecule has 0 aromatic rings. The van der Waals surface area contributed by atoms with E-state index in [0.717, 1.165) is 25.7 Å². The summed E-state index contributed by atoms with van der Waals surface area (Å²) < 4.78 is 0. The number of aliphatic carboxylic acids is 1. The van der Waals surface area contributed by atoms with Crippen LogP contribution in [0.15, 0.2) is 0 Å². The Labute approximate surface area is 114 Å². The highest BCUT2D eigenvalue weighted by Gasteiger charge is 2.49. The summed E-state index contributed by atoms with van der Waals surface area (Å²) in [7, 11) is 0. The zero-order chi connectivity index (χ0) is 14.2. The highest BCUT2D eigenvalue weighted by atomic mass is 16.4. The van der Waals surface area contributed by atoms with E-state index in [4.69, 9.17) is 0 Å². The van der Waals surface area contributed by atoms with Gasteiger partial charge in [0, 0.05) is 12.6 Å². The van der Waals surface area contributed by atoms with Crippen molar-refractivity contribution in [2.45, 2.75) is 58.0 Å². The van der Waals surface area contributed by atoms with E-state index in [0.29, 0.717) is 12.5 Å². The van der Waals surface area contributed by atoms with Crippen LogP contribution in [0.25, 0.3) is 0 Å². The molecule has 1 saturated heterocycles. The first-order valence-electron chi connectivity index (χ1n) is 7.16. The van der Waals surface area contributed by atoms with Crippen molar-refractivity contribution in [2.24, 2.45) is 11.8 Å². The van der Waals surface area contributed by atoms with Gasteiger partial charge in [-0.2, -0.15) is 0 Å². The average molecular weight is 268 g/mol. The standard InChI is InChI=1S/C14H24N2O3/c1-9-4-5-10(2)16(8-9)13(19)15-14(3,12(17)18)11-6-7-11/h9-11H,4-8H2,1-3H3,(H,15,19)(H,17,18). The number of nitrogens with one attached hydrogen (secondary N) is 1. The Hall–Kier alpha value is -1.26. The Morgan fingerprint density at radius 2 is 1.84 bits per heavy atom. The van der Waals surface area contributed by atoms with Crippen LogP contribution in [0, 0.1) is 11.8 Å². The number of carbonyl (C=O) groups excluding carboxylic acids is 1. The molecule has 0 aromatic heterocycles. The summed E-state index contributed by atoms with van der Waals surface area (Å²) in [5.41, 5.74) is -1.11. The summed E-state index contributed by atoms with van der Waals surface area (Å²) in [4.78, 5) is 25.6. The number of rotatable bonds is 3. The van der Waals surface area contributed by atoms with Crippen molar-refractivity contribution in [3.05, 3.63) is 0 Å². The number of nitrogens with zero attached hydrogens (tertiary/aromatic N) is 1. The lowest BCUT2D eigenvalue weighted by atomic mass is 9.94. The van der Waals surface area contributed by atoms with E-state index in [9.17, 15) is 14.7 Å². The third kappa shape index (κ3) is 2.85. The molecule has 0 spiro atoms. The molecule has 1 saturated carbocycles. The van der Waals surface area contributed by atoms with Gasteiger partial charge in [-0.3, -0.25) is 0 Å². The van der Waals surface area contributed by atoms with E-state index in [2.05, 4.69) is 12.2 Å². The zero-order valence-corrected chi connectivity index (χ0v) is 12.0. The van der Waals surface area contributed by atoms with Crippen LogP contribution < -0.4 is 5.32 Å². The molecule has 2 fully saturated rings. The van der Waals surface area contributed by atoms with Gasteiger partial charge in [0.1, 0.15) is 5.54 Å². The normalized spacial score (nSPS) is 30.6. The van der Waals surface area contributed by atoms with Crippen LogP contribution in [0.3, 0.4) is 0 Å². The van der Waals surface area contributed by atoms with Gasteiger partial charge in [0.15, 0.2) is 0 Å². The first-order valence-corrected chi connectivity index (χ1v) is 7.16. The molecular formula is C14H24N2O3. The quantitative estimate of drug-likeness (QED) is 0.823. The Morgan fingerprint density at radius 1 is 1.21 bits per heavy atom. The van der Waals surface area contributed by atoms with Gasteiger partial charge in [-0.1, -0.05) is 6.92 Å². The largest absolute Gasteiger partial charge is 0.480 e. The van der Waals surface area contributed by atoms with Crippen LogP contribution in [0.1, 0.15) is 46.5 Å². The molecule has 2 N–H and O–H groups in total. The van der Waals surface area contributed by atoms with Crippen molar-refractivity contribution in [1.82, 2.24) is 10.2 Å². The summed E-state index contributed by atoms with van der Waals surface area (Å²) in [6, 6.07) is -0.0377. The Kier molecular flexibility index (Phi) is 3.74. The third-order valence-electron chi connectivity index (χ3n) is 4.58. The lowest BCUT2D eigenvalue weighted by Crippen LogP contribution is -2.60. The molecule has 2 amide bonds. The van der Waals surface area contributed by atoms with Crippen molar-refractivity contribution in [1.29, 1.82) is 0 Å². The molecule has 0 radical (unpaired) electrons. The smallest absolute Gasteiger partial charge is 0.329 e. The molecule has 0 aromatic carbocycles. The molecule has 2 rings (SSSR count). The number of urea groups is 1. The highest BCUT2D eigenvalue weighted by molar-refractivity contribution is 5.86. The number of hydrogen-bond donors (Lipinski definition) is 2. The maximum atomic E-state index is 12.4. The second-order valence-electron chi connectivity index (χ2n) is 6.40. The van der Waals surface area contributed by atoms with E-state index in [1.54, 1.807) is 11.8 Å². The van der Waals surface area contributed by atoms with Gasteiger partial charge in [-0.15, -0.1) is 0 Å². The predicted molar refractivity (Wildman–Crippen MR) is 71.9 cm³/mol. The van der Waals surface area contributed by atoms with Crippen molar-refractivity contribution in [3.8, 4) is 0 Å². The number of amides is 2. The molecule has 0 bridgehead atoms. The second kappa shape index (κ2) is 5.02. The zero-order valence-electron chi connectivity index (χ0n) is 12.0. The van der Waals surface area contributed by atoms with Crippen LogP contribution in [-0.4, -0.2) is 40.1 Å². The van der Waals surface area contributed by atoms with Crippen LogP contribution >= 0.6 is 0 Å². The van der Waals surface area contributed by atoms with E-state index in [1.807, 2.05) is 6.92 Å². The molecule has 3 atom stereocenters. The fourth-order valence-electron chi connectivity index (χ4n) is 2.86. The third-order valence-corrected chi connectivity index (χ3v) is 4.58. The first kappa shape index (κ1) is 14.2. The molecule has 19 heavy (non-hydrogen) atoms. The summed E-state index contributed by atoms with van der Waals surface area (Å²) in [5, 5.41) is 12.1. The van der Waals surface area contributed by atoms with Crippen LogP contribution in [0.2, 0.25) is 0 Å². The maximum Gasteiger partial charge on any atom is 0.329 e. The van der Waals surface area contributed by atoms with Crippen LogP contribution in [0.5, 0.6) is 0 Å². The van der Waals surface area contributed by atoms with Crippen molar-refractivity contribution in [2.75, 3.05) is 6.54 Å². The second-order valence-corrected chi connectivity index (χ2v) is 6.40. The van der Waals surface area contributed by atoms with Gasteiger partial charge >= 0.3 is 12.0 Å². The van der Waals surface area contributed by atoms with Crippen molar-refractivity contribution < 1.29 is 14.7 Å². The van der Waals surface area contributed by atoms with Gasteiger partial charge in [0.2, 0.25) is 0 Å². The van der Waals surface area contributed by atoms with E-state index >= 15 is 0 Å². The molecule has 5 nitrogen and oxygen atoms in total. The highest BCUT2D eigenvalue weighted by Crippen LogP contribution is 2.40. The molecule has 1 aliphatic heterocycles. The molecule has 3 unspecified atom stereocenters. The maximum absolute atomic E-state index is 12.4. The Morgan fingerprint density at radius 3 is 2.37 bits per heavy atom. The minimum Gasteiger partial charge on any atom is -0.480 e. The molecule has 5 heteroatoms. The van der Waals surface area contributed by atoms with E-state index in [-0.39, 0.29) is 18.0 Å². The first-order chi connectivity index (χ1) is 8.84. The van der Waals surface area contributed by atoms with Gasteiger partial charge in [-0.25, -0.2) is 9.59 Å². The van der Waals surface area contributed by atoms with Crippen LogP contribution in [-0.2, 0) is 4.79 Å². The SMILES string of the molecule is CC1CCC(C)N(C(=O)NC(C)(C(=O)O)C2CC2)C1. The lowest BCUT2D eigenvalue weighted by Gasteiger charge is -2.39. The molecular weight excluding hydrogens is 244 g/mol. The fraction of sp³-hybridized carbons (Fsp3) is 0.857. The van der Waals surface area contributed by atoms with Gasteiger partial charge in [0.25, 0.3) is 0 Å².